The summed E-state index contributed by atoms with van der Waals surface area (Å²) in [5.41, 5.74) is 2.14. The van der Waals surface area contributed by atoms with Crippen LogP contribution in [0.5, 0.6) is 5.75 Å². The minimum atomic E-state index is 0.241. The lowest BCUT2D eigenvalue weighted by atomic mass is 10.0. The number of benzene rings is 1. The van der Waals surface area contributed by atoms with Crippen LogP contribution < -0.4 is 5.32 Å². The van der Waals surface area contributed by atoms with E-state index in [1.54, 1.807) is 6.07 Å². The molecule has 0 aromatic heterocycles. The molecule has 1 unspecified atom stereocenters. The molecule has 0 saturated carbocycles. The molecular weight excluding hydrogens is 216 g/mol. The Morgan fingerprint density at radius 1 is 1.47 bits per heavy atom. The lowest BCUT2D eigenvalue weighted by Gasteiger charge is -2.25. The summed E-state index contributed by atoms with van der Waals surface area (Å²) >= 11 is 0. The minimum absolute atomic E-state index is 0.241. The van der Waals surface area contributed by atoms with Gasteiger partial charge >= 0.3 is 0 Å². The van der Waals surface area contributed by atoms with Crippen LogP contribution in [-0.4, -0.2) is 43.9 Å². The van der Waals surface area contributed by atoms with Gasteiger partial charge in [0, 0.05) is 18.7 Å². The lowest BCUT2D eigenvalue weighted by Crippen LogP contribution is -2.34. The van der Waals surface area contributed by atoms with Gasteiger partial charge in [-0.3, -0.25) is 0 Å². The summed E-state index contributed by atoms with van der Waals surface area (Å²) in [4.78, 5) is 2.05. The second-order valence-corrected chi connectivity index (χ2v) is 4.71. The first-order valence-electron chi connectivity index (χ1n) is 5.94. The van der Waals surface area contributed by atoms with Crippen LogP contribution in [0.15, 0.2) is 18.2 Å². The maximum absolute atomic E-state index is 9.80. The first-order chi connectivity index (χ1) is 8.16. The number of phenolic OH excluding ortho intramolecular Hbond substituents is 1. The molecule has 4 nitrogen and oxygen atoms in total. The highest BCUT2D eigenvalue weighted by molar-refractivity contribution is 5.37. The molecule has 0 bridgehead atoms. The molecule has 1 aromatic rings. The smallest absolute Gasteiger partial charge is 0.120 e. The zero-order valence-corrected chi connectivity index (χ0v) is 10.4. The standard InChI is InChI=1S/C13H20N2O2/c1-15(2)8-11-7-10(3-4-13(11)16)12-9-17-6-5-14-12/h3-4,7,12,14,16H,5-6,8-9H2,1-2H3. The summed E-state index contributed by atoms with van der Waals surface area (Å²) in [5.74, 6) is 0.360. The molecule has 1 aromatic carbocycles. The van der Waals surface area contributed by atoms with E-state index in [0.29, 0.717) is 12.4 Å². The van der Waals surface area contributed by atoms with Crippen molar-refractivity contribution in [2.24, 2.45) is 0 Å². The number of ether oxygens (including phenoxy) is 1. The first kappa shape index (κ1) is 12.4. The summed E-state index contributed by atoms with van der Waals surface area (Å²) in [5, 5.41) is 13.2. The molecule has 1 fully saturated rings. The summed E-state index contributed by atoms with van der Waals surface area (Å²) in [6.45, 7) is 3.10. The molecule has 94 valence electrons. The van der Waals surface area contributed by atoms with E-state index in [9.17, 15) is 5.11 Å². The Labute approximate surface area is 102 Å². The van der Waals surface area contributed by atoms with Crippen molar-refractivity contribution in [2.75, 3.05) is 33.9 Å². The molecule has 1 heterocycles. The first-order valence-corrected chi connectivity index (χ1v) is 5.94. The second kappa shape index (κ2) is 5.49. The van der Waals surface area contributed by atoms with E-state index in [2.05, 4.69) is 11.4 Å². The number of nitrogens with zero attached hydrogens (tertiary/aromatic N) is 1. The maximum atomic E-state index is 9.80. The fourth-order valence-corrected chi connectivity index (χ4v) is 2.07. The molecule has 1 atom stereocenters. The van der Waals surface area contributed by atoms with Gasteiger partial charge < -0.3 is 20.1 Å². The van der Waals surface area contributed by atoms with E-state index in [4.69, 9.17) is 4.74 Å². The normalized spacial score (nSPS) is 20.8. The van der Waals surface area contributed by atoms with Gasteiger partial charge in [-0.1, -0.05) is 6.07 Å². The number of nitrogens with one attached hydrogen (secondary N) is 1. The van der Waals surface area contributed by atoms with Crippen molar-refractivity contribution in [1.29, 1.82) is 0 Å². The van der Waals surface area contributed by atoms with Crippen LogP contribution in [-0.2, 0) is 11.3 Å². The summed E-state index contributed by atoms with van der Waals surface area (Å²) in [6, 6.07) is 6.03. The molecule has 1 aliphatic heterocycles. The fraction of sp³-hybridized carbons (Fsp3) is 0.538. The van der Waals surface area contributed by atoms with Gasteiger partial charge in [0.2, 0.25) is 0 Å². The van der Waals surface area contributed by atoms with Crippen molar-refractivity contribution >= 4 is 0 Å². The fourth-order valence-electron chi connectivity index (χ4n) is 2.07. The number of morpholine rings is 1. The van der Waals surface area contributed by atoms with Gasteiger partial charge in [-0.05, 0) is 31.8 Å². The zero-order valence-electron chi connectivity index (χ0n) is 10.4. The van der Waals surface area contributed by atoms with E-state index >= 15 is 0 Å². The Bertz CT molecular complexity index is 374. The van der Waals surface area contributed by atoms with E-state index in [1.807, 2.05) is 25.1 Å². The third-order valence-electron chi connectivity index (χ3n) is 2.91. The third kappa shape index (κ3) is 3.19. The van der Waals surface area contributed by atoms with Crippen LogP contribution in [0, 0.1) is 0 Å². The molecule has 2 N–H and O–H groups in total. The van der Waals surface area contributed by atoms with Gasteiger partial charge in [0.05, 0.1) is 19.3 Å². The van der Waals surface area contributed by atoms with E-state index < -0.39 is 0 Å². The summed E-state index contributed by atoms with van der Waals surface area (Å²) in [7, 11) is 3.99. The number of hydrogen-bond acceptors (Lipinski definition) is 4. The maximum Gasteiger partial charge on any atom is 0.120 e. The number of rotatable bonds is 3. The van der Waals surface area contributed by atoms with Crippen molar-refractivity contribution in [3.8, 4) is 5.75 Å². The molecule has 1 saturated heterocycles. The predicted molar refractivity (Wildman–Crippen MR) is 67.1 cm³/mol. The second-order valence-electron chi connectivity index (χ2n) is 4.71. The van der Waals surface area contributed by atoms with Gasteiger partial charge in [-0.2, -0.15) is 0 Å². The van der Waals surface area contributed by atoms with E-state index in [0.717, 1.165) is 25.3 Å². The lowest BCUT2D eigenvalue weighted by molar-refractivity contribution is 0.0768. The van der Waals surface area contributed by atoms with E-state index in [-0.39, 0.29) is 6.04 Å². The van der Waals surface area contributed by atoms with Crippen LogP contribution in [0.25, 0.3) is 0 Å². The molecule has 1 aliphatic rings. The number of hydrogen-bond donors (Lipinski definition) is 2. The van der Waals surface area contributed by atoms with Crippen molar-refractivity contribution in [3.63, 3.8) is 0 Å². The molecule has 0 amide bonds. The van der Waals surface area contributed by atoms with Gasteiger partial charge in [0.25, 0.3) is 0 Å². The monoisotopic (exact) mass is 236 g/mol. The average molecular weight is 236 g/mol. The largest absolute Gasteiger partial charge is 0.508 e. The molecule has 0 radical (unpaired) electrons. The van der Waals surface area contributed by atoms with Crippen LogP contribution >= 0.6 is 0 Å². The van der Waals surface area contributed by atoms with Gasteiger partial charge in [-0.15, -0.1) is 0 Å². The number of phenols is 1. The summed E-state index contributed by atoms with van der Waals surface area (Å²) in [6.07, 6.45) is 0. The van der Waals surface area contributed by atoms with Crippen LogP contribution in [0.3, 0.4) is 0 Å². The molecular formula is C13H20N2O2. The highest BCUT2D eigenvalue weighted by Gasteiger charge is 2.16. The summed E-state index contributed by atoms with van der Waals surface area (Å²) < 4.78 is 5.45. The topological polar surface area (TPSA) is 44.7 Å². The van der Waals surface area contributed by atoms with Gasteiger partial charge in [0.15, 0.2) is 0 Å². The van der Waals surface area contributed by atoms with E-state index in [1.165, 1.54) is 5.56 Å². The van der Waals surface area contributed by atoms with Crippen molar-refractivity contribution in [3.05, 3.63) is 29.3 Å². The SMILES string of the molecule is CN(C)Cc1cc(C2COCCN2)ccc1O. The van der Waals surface area contributed by atoms with Crippen molar-refractivity contribution in [2.45, 2.75) is 12.6 Å². The van der Waals surface area contributed by atoms with Crippen LogP contribution in [0.1, 0.15) is 17.2 Å². The third-order valence-corrected chi connectivity index (χ3v) is 2.91. The quantitative estimate of drug-likeness (QED) is 0.825. The Kier molecular flexibility index (Phi) is 3.99. The Hall–Kier alpha value is -1.10. The molecule has 4 heteroatoms. The minimum Gasteiger partial charge on any atom is -0.508 e. The van der Waals surface area contributed by atoms with Crippen molar-refractivity contribution < 1.29 is 9.84 Å². The van der Waals surface area contributed by atoms with Crippen LogP contribution in [0.4, 0.5) is 0 Å². The Balaban J connectivity index is 2.17. The molecule has 0 spiro atoms. The highest BCUT2D eigenvalue weighted by atomic mass is 16.5. The molecule has 2 rings (SSSR count). The Morgan fingerprint density at radius 3 is 2.94 bits per heavy atom. The average Bonchev–Trinajstić information content (AvgIpc) is 2.32. The van der Waals surface area contributed by atoms with Crippen LogP contribution in [0.2, 0.25) is 0 Å². The van der Waals surface area contributed by atoms with Crippen molar-refractivity contribution in [1.82, 2.24) is 10.2 Å². The molecule has 0 aliphatic carbocycles. The predicted octanol–water partition coefficient (Wildman–Crippen LogP) is 1.11. The molecule has 17 heavy (non-hydrogen) atoms. The van der Waals surface area contributed by atoms with Gasteiger partial charge in [-0.25, -0.2) is 0 Å². The zero-order chi connectivity index (χ0) is 12.3. The van der Waals surface area contributed by atoms with Gasteiger partial charge in [0.1, 0.15) is 5.75 Å². The highest BCUT2D eigenvalue weighted by Crippen LogP contribution is 2.24. The Morgan fingerprint density at radius 2 is 2.29 bits per heavy atom. The number of aromatic hydroxyl groups is 1.